The zero-order valence-corrected chi connectivity index (χ0v) is 13.0. The molecule has 110 valence electrons. The molecule has 0 fully saturated rings. The molecule has 0 aromatic heterocycles. The quantitative estimate of drug-likeness (QED) is 0.624. The summed E-state index contributed by atoms with van der Waals surface area (Å²) >= 11 is 0. The van der Waals surface area contributed by atoms with Gasteiger partial charge < -0.3 is 0 Å². The van der Waals surface area contributed by atoms with Gasteiger partial charge in [-0.25, -0.2) is 0 Å². The van der Waals surface area contributed by atoms with Crippen LogP contribution in [0, 0.1) is 6.92 Å². The molecular weight excluding hydrogens is 268 g/mol. The van der Waals surface area contributed by atoms with E-state index in [2.05, 4.69) is 25.1 Å². The number of carbonyl (C=O) groups is 1. The van der Waals surface area contributed by atoms with E-state index in [0.717, 1.165) is 10.8 Å². The van der Waals surface area contributed by atoms with E-state index in [0.29, 0.717) is 5.56 Å². The molecule has 0 aliphatic carbocycles. The SMILES string of the molecule is CC(=O)c1ccccc(C)c2ccccccccc2cc1. The third kappa shape index (κ3) is 4.42. The summed E-state index contributed by atoms with van der Waals surface area (Å²) in [4.78, 5) is 11.7. The summed E-state index contributed by atoms with van der Waals surface area (Å²) in [5.74, 6) is 0.0616. The minimum absolute atomic E-state index is 0.0616. The van der Waals surface area contributed by atoms with Gasteiger partial charge in [0, 0.05) is 5.56 Å². The summed E-state index contributed by atoms with van der Waals surface area (Å²) in [6.45, 7) is 3.68. The Hall–Kier alpha value is -2.67. The predicted molar refractivity (Wildman–Crippen MR) is 93.9 cm³/mol. The van der Waals surface area contributed by atoms with Gasteiger partial charge >= 0.3 is 0 Å². The van der Waals surface area contributed by atoms with E-state index < -0.39 is 0 Å². The van der Waals surface area contributed by atoms with Crippen molar-refractivity contribution in [1.82, 2.24) is 0 Å². The molecule has 0 radical (unpaired) electrons. The number of fused-ring (bicyclic) bond motifs is 1. The Labute approximate surface area is 131 Å². The van der Waals surface area contributed by atoms with Crippen molar-refractivity contribution >= 4 is 16.6 Å². The number of rotatable bonds is 1. The maximum absolute atomic E-state index is 11.7. The van der Waals surface area contributed by atoms with Gasteiger partial charge in [0.15, 0.2) is 5.78 Å². The van der Waals surface area contributed by atoms with Crippen LogP contribution in [0.5, 0.6) is 0 Å². The first kappa shape index (κ1) is 15.7. The Morgan fingerprint density at radius 2 is 1.27 bits per heavy atom. The summed E-state index contributed by atoms with van der Waals surface area (Å²) in [5.41, 5.74) is 1.87. The Morgan fingerprint density at radius 3 is 2.00 bits per heavy atom. The van der Waals surface area contributed by atoms with Crippen LogP contribution >= 0.6 is 0 Å². The number of ketones is 1. The van der Waals surface area contributed by atoms with Crippen molar-refractivity contribution in [2.75, 3.05) is 0 Å². The zero-order chi connectivity index (χ0) is 15.8. The van der Waals surface area contributed by atoms with E-state index in [9.17, 15) is 4.79 Å². The number of Topliss-reactive ketones (excluding diaryl/α,β-unsaturated/α-hetero) is 1. The maximum atomic E-state index is 11.7. The molecule has 0 saturated heterocycles. The van der Waals surface area contributed by atoms with Crippen molar-refractivity contribution in [3.8, 4) is 0 Å². The third-order valence-electron chi connectivity index (χ3n) is 3.41. The van der Waals surface area contributed by atoms with Crippen molar-refractivity contribution in [2.45, 2.75) is 13.8 Å². The molecule has 1 nitrogen and oxygen atoms in total. The molecular formula is C21H20O. The van der Waals surface area contributed by atoms with Crippen molar-refractivity contribution in [1.29, 1.82) is 0 Å². The van der Waals surface area contributed by atoms with Crippen LogP contribution in [0.15, 0.2) is 84.9 Å². The predicted octanol–water partition coefficient (Wildman–Crippen LogP) is 5.60. The summed E-state index contributed by atoms with van der Waals surface area (Å²) in [6.07, 6.45) is 0. The van der Waals surface area contributed by atoms with Gasteiger partial charge in [-0.2, -0.15) is 0 Å². The van der Waals surface area contributed by atoms with E-state index in [-0.39, 0.29) is 5.78 Å². The molecule has 0 bridgehead atoms. The first-order chi connectivity index (χ1) is 10.7. The van der Waals surface area contributed by atoms with Crippen LogP contribution in [0.2, 0.25) is 0 Å². The van der Waals surface area contributed by atoms with Crippen molar-refractivity contribution in [2.24, 2.45) is 0 Å². The number of hydrogen-bond acceptors (Lipinski definition) is 1. The van der Waals surface area contributed by atoms with Crippen LogP contribution in [0.4, 0.5) is 0 Å². The van der Waals surface area contributed by atoms with Gasteiger partial charge in [0.05, 0.1) is 0 Å². The summed E-state index contributed by atoms with van der Waals surface area (Å²) in [6, 6.07) is 27.8. The Balaban J connectivity index is 2.94. The summed E-state index contributed by atoms with van der Waals surface area (Å²) in [5, 5.41) is 2.22. The Bertz CT molecular complexity index is 788. The molecule has 2 aromatic carbocycles. The fraction of sp³-hybridized carbons (Fsp3) is 0.0952. The lowest BCUT2D eigenvalue weighted by Gasteiger charge is -1.96. The molecule has 0 amide bonds. The first-order valence-corrected chi connectivity index (χ1v) is 7.35. The fourth-order valence-electron chi connectivity index (χ4n) is 2.18. The molecule has 0 atom stereocenters. The minimum Gasteiger partial charge on any atom is -0.295 e. The molecule has 2 aromatic rings. The molecule has 0 N–H and O–H groups in total. The zero-order valence-electron chi connectivity index (χ0n) is 13.0. The van der Waals surface area contributed by atoms with Crippen molar-refractivity contribution in [3.63, 3.8) is 0 Å². The van der Waals surface area contributed by atoms with Gasteiger partial charge in [-0.1, -0.05) is 84.9 Å². The molecule has 22 heavy (non-hydrogen) atoms. The maximum Gasteiger partial charge on any atom is 0.159 e. The lowest BCUT2D eigenvalue weighted by atomic mass is 10.1. The average Bonchev–Trinajstić information content (AvgIpc) is 2.51. The third-order valence-corrected chi connectivity index (χ3v) is 3.41. The molecule has 0 heterocycles. The minimum atomic E-state index is 0.0616. The number of carbonyl (C=O) groups excluding carboxylic acids is 1. The van der Waals surface area contributed by atoms with Crippen LogP contribution in [0.3, 0.4) is 0 Å². The van der Waals surface area contributed by atoms with Gasteiger partial charge in [-0.15, -0.1) is 0 Å². The highest BCUT2D eigenvalue weighted by atomic mass is 16.1. The van der Waals surface area contributed by atoms with Gasteiger partial charge in [0.1, 0.15) is 0 Å². The largest absolute Gasteiger partial charge is 0.295 e. The van der Waals surface area contributed by atoms with E-state index >= 15 is 0 Å². The molecule has 0 spiro atoms. The van der Waals surface area contributed by atoms with E-state index in [1.165, 1.54) is 5.56 Å². The van der Waals surface area contributed by atoms with E-state index in [1.807, 2.05) is 66.7 Å². The van der Waals surface area contributed by atoms with Gasteiger partial charge in [0.2, 0.25) is 0 Å². The topological polar surface area (TPSA) is 17.1 Å². The number of aryl methyl sites for hydroxylation is 1. The average molecular weight is 288 g/mol. The van der Waals surface area contributed by atoms with Crippen LogP contribution in [-0.4, -0.2) is 5.78 Å². The van der Waals surface area contributed by atoms with Crippen LogP contribution < -0.4 is 0 Å². The van der Waals surface area contributed by atoms with Gasteiger partial charge in [0.25, 0.3) is 0 Å². The second-order valence-corrected chi connectivity index (χ2v) is 5.10. The van der Waals surface area contributed by atoms with Crippen molar-refractivity contribution in [3.05, 3.63) is 96.1 Å². The molecule has 0 aliphatic rings. The summed E-state index contributed by atoms with van der Waals surface area (Å²) < 4.78 is 0. The molecule has 0 aliphatic heterocycles. The lowest BCUT2D eigenvalue weighted by Crippen LogP contribution is -1.88. The summed E-state index contributed by atoms with van der Waals surface area (Å²) in [7, 11) is 0. The van der Waals surface area contributed by atoms with Gasteiger partial charge in [-0.05, 0) is 30.2 Å². The van der Waals surface area contributed by atoms with Crippen LogP contribution in [0.25, 0.3) is 10.8 Å². The fourth-order valence-corrected chi connectivity index (χ4v) is 2.18. The lowest BCUT2D eigenvalue weighted by molar-refractivity contribution is 0.101. The highest BCUT2D eigenvalue weighted by molar-refractivity contribution is 5.94. The first-order valence-electron chi connectivity index (χ1n) is 7.35. The van der Waals surface area contributed by atoms with E-state index in [1.54, 1.807) is 6.92 Å². The van der Waals surface area contributed by atoms with Crippen LogP contribution in [-0.2, 0) is 0 Å². The van der Waals surface area contributed by atoms with E-state index in [4.69, 9.17) is 0 Å². The van der Waals surface area contributed by atoms with Crippen molar-refractivity contribution < 1.29 is 4.79 Å². The normalized spacial score (nSPS) is 9.55. The van der Waals surface area contributed by atoms with Crippen LogP contribution in [0.1, 0.15) is 22.8 Å². The smallest absolute Gasteiger partial charge is 0.159 e. The standard InChI is InChI=1S/C21H20O/c1-17-11-9-10-12-19(18(2)22)15-16-20-13-7-5-3-4-6-8-14-21(17)20/h3-16H,1-2H3. The Morgan fingerprint density at radius 1 is 0.682 bits per heavy atom. The molecule has 2 rings (SSSR count). The second kappa shape index (κ2) is 7.94. The monoisotopic (exact) mass is 288 g/mol. The van der Waals surface area contributed by atoms with Gasteiger partial charge in [-0.3, -0.25) is 4.79 Å². The second-order valence-electron chi connectivity index (χ2n) is 5.10. The highest BCUT2D eigenvalue weighted by Gasteiger charge is 1.94. The highest BCUT2D eigenvalue weighted by Crippen LogP contribution is 2.13. The molecule has 1 heteroatoms. The molecule has 0 saturated carbocycles. The Kier molecular flexibility index (Phi) is 5.67. The number of hydrogen-bond donors (Lipinski definition) is 0. The molecule has 0 unspecified atom stereocenters.